The van der Waals surface area contributed by atoms with E-state index < -0.39 is 0 Å². The number of fused-ring (bicyclic) bond motifs is 6. The van der Waals surface area contributed by atoms with Crippen molar-refractivity contribution in [3.63, 3.8) is 0 Å². The van der Waals surface area contributed by atoms with Crippen molar-refractivity contribution in [3.05, 3.63) is 144 Å². The Labute approximate surface area is 293 Å². The normalized spacial score (nSPS) is 12.2. The van der Waals surface area contributed by atoms with E-state index in [4.69, 9.17) is 0 Å². The van der Waals surface area contributed by atoms with Gasteiger partial charge in [0, 0.05) is 27.2 Å². The Balaban J connectivity index is 1.49. The highest BCUT2D eigenvalue weighted by Gasteiger charge is 2.24. The molecule has 0 spiro atoms. The Hall–Kier alpha value is -6.10. The number of nitriles is 2. The summed E-state index contributed by atoms with van der Waals surface area (Å²) in [5, 5.41) is 25.1. The van der Waals surface area contributed by atoms with E-state index in [-0.39, 0.29) is 10.8 Å². The van der Waals surface area contributed by atoms with E-state index in [0.717, 1.165) is 44.1 Å². The van der Waals surface area contributed by atoms with Gasteiger partial charge in [0.15, 0.2) is 0 Å². The third-order valence-corrected chi connectivity index (χ3v) is 10.1. The summed E-state index contributed by atoms with van der Waals surface area (Å²) >= 11 is 0. The SMILES string of the molecule is CC(C)(C)c1ccc2c(c1)c1ccc(-c3cccc4c3c3cc(C(C)(C)C)ccc3n4-c3c(C#N)cccc3C#N)cc1n2-c1ccccc1. The van der Waals surface area contributed by atoms with Gasteiger partial charge in [-0.05, 0) is 93.7 Å². The number of hydrogen-bond donors (Lipinski definition) is 0. The minimum Gasteiger partial charge on any atom is -0.309 e. The van der Waals surface area contributed by atoms with Gasteiger partial charge in [0.25, 0.3) is 0 Å². The molecule has 0 atom stereocenters. The molecule has 2 aromatic heterocycles. The van der Waals surface area contributed by atoms with Crippen molar-refractivity contribution in [2.24, 2.45) is 0 Å². The van der Waals surface area contributed by atoms with Crippen LogP contribution in [-0.4, -0.2) is 9.13 Å². The molecule has 4 nitrogen and oxygen atoms in total. The minimum absolute atomic E-state index is 0.0284. The molecule has 0 aliphatic rings. The van der Waals surface area contributed by atoms with E-state index in [1.54, 1.807) is 18.2 Å². The molecule has 0 N–H and O–H groups in total. The molecular weight excluding hydrogens is 609 g/mol. The van der Waals surface area contributed by atoms with Crippen LogP contribution in [0.15, 0.2) is 121 Å². The summed E-state index contributed by atoms with van der Waals surface area (Å²) < 4.78 is 4.50. The fourth-order valence-electron chi connectivity index (χ4n) is 7.49. The van der Waals surface area contributed by atoms with Gasteiger partial charge in [-0.3, -0.25) is 0 Å². The van der Waals surface area contributed by atoms with Crippen LogP contribution in [0.3, 0.4) is 0 Å². The van der Waals surface area contributed by atoms with Crippen LogP contribution in [-0.2, 0) is 10.8 Å². The van der Waals surface area contributed by atoms with E-state index in [9.17, 15) is 10.5 Å². The van der Waals surface area contributed by atoms with Crippen molar-refractivity contribution >= 4 is 43.6 Å². The molecule has 0 fully saturated rings. The maximum absolute atomic E-state index is 10.2. The lowest BCUT2D eigenvalue weighted by Gasteiger charge is -2.19. The highest BCUT2D eigenvalue weighted by molar-refractivity contribution is 6.17. The van der Waals surface area contributed by atoms with Gasteiger partial charge in [0.2, 0.25) is 0 Å². The molecule has 8 aromatic rings. The fraction of sp³-hybridized carbons (Fsp3) is 0.174. The van der Waals surface area contributed by atoms with Crippen LogP contribution < -0.4 is 0 Å². The molecular formula is C46H38N4. The highest BCUT2D eigenvalue weighted by Crippen LogP contribution is 2.43. The van der Waals surface area contributed by atoms with Crippen LogP contribution in [0.1, 0.15) is 63.8 Å². The third-order valence-electron chi connectivity index (χ3n) is 10.1. The van der Waals surface area contributed by atoms with Crippen molar-refractivity contribution in [2.75, 3.05) is 0 Å². The zero-order chi connectivity index (χ0) is 34.9. The molecule has 0 unspecified atom stereocenters. The Morgan fingerprint density at radius 1 is 0.480 bits per heavy atom. The quantitative estimate of drug-likeness (QED) is 0.192. The summed E-state index contributed by atoms with van der Waals surface area (Å²) in [6.45, 7) is 13.5. The summed E-state index contributed by atoms with van der Waals surface area (Å²) in [5.41, 5.74) is 11.6. The molecule has 0 saturated carbocycles. The molecule has 0 bridgehead atoms. The van der Waals surface area contributed by atoms with Crippen LogP contribution in [0.2, 0.25) is 0 Å². The van der Waals surface area contributed by atoms with Crippen molar-refractivity contribution in [3.8, 4) is 34.6 Å². The fourth-order valence-corrected chi connectivity index (χ4v) is 7.49. The second-order valence-electron chi connectivity index (χ2n) is 15.3. The van der Waals surface area contributed by atoms with Crippen LogP contribution in [0, 0.1) is 22.7 Å². The molecule has 0 amide bonds. The number of hydrogen-bond acceptors (Lipinski definition) is 2. The van der Waals surface area contributed by atoms with Crippen LogP contribution in [0.5, 0.6) is 0 Å². The zero-order valence-electron chi connectivity index (χ0n) is 29.3. The summed E-state index contributed by atoms with van der Waals surface area (Å²) in [6.07, 6.45) is 0. The predicted octanol–water partition coefficient (Wildman–Crippen LogP) is 11.9. The molecule has 50 heavy (non-hydrogen) atoms. The molecule has 242 valence electrons. The minimum atomic E-state index is -0.0681. The summed E-state index contributed by atoms with van der Waals surface area (Å²) in [5.74, 6) is 0. The van der Waals surface area contributed by atoms with Gasteiger partial charge in [-0.2, -0.15) is 10.5 Å². The van der Waals surface area contributed by atoms with Gasteiger partial charge < -0.3 is 9.13 Å². The molecule has 0 radical (unpaired) electrons. The lowest BCUT2D eigenvalue weighted by atomic mass is 9.86. The Bertz CT molecular complexity index is 2700. The summed E-state index contributed by atoms with van der Waals surface area (Å²) in [7, 11) is 0. The lowest BCUT2D eigenvalue weighted by Crippen LogP contribution is -2.10. The molecule has 4 heteroatoms. The number of para-hydroxylation sites is 2. The monoisotopic (exact) mass is 646 g/mol. The summed E-state index contributed by atoms with van der Waals surface area (Å²) in [4.78, 5) is 0. The first-order valence-corrected chi connectivity index (χ1v) is 17.2. The van der Waals surface area contributed by atoms with Crippen molar-refractivity contribution in [1.29, 1.82) is 10.5 Å². The van der Waals surface area contributed by atoms with Crippen molar-refractivity contribution in [2.45, 2.75) is 52.4 Å². The van der Waals surface area contributed by atoms with Crippen molar-refractivity contribution in [1.82, 2.24) is 9.13 Å². The molecule has 6 aromatic carbocycles. The van der Waals surface area contributed by atoms with Crippen LogP contribution >= 0.6 is 0 Å². The number of benzene rings is 6. The first kappa shape index (κ1) is 31.2. The van der Waals surface area contributed by atoms with Gasteiger partial charge in [0.05, 0.1) is 38.9 Å². The third kappa shape index (κ3) is 4.80. The largest absolute Gasteiger partial charge is 0.309 e. The molecule has 0 aliphatic heterocycles. The average molecular weight is 647 g/mol. The van der Waals surface area contributed by atoms with Gasteiger partial charge >= 0.3 is 0 Å². The first-order chi connectivity index (χ1) is 24.0. The van der Waals surface area contributed by atoms with Gasteiger partial charge in [-0.1, -0.05) is 102 Å². The van der Waals surface area contributed by atoms with E-state index in [2.05, 4.69) is 166 Å². The molecule has 2 heterocycles. The maximum atomic E-state index is 10.2. The van der Waals surface area contributed by atoms with E-state index in [1.165, 1.54) is 27.4 Å². The molecule has 8 rings (SSSR count). The zero-order valence-corrected chi connectivity index (χ0v) is 29.3. The molecule has 0 aliphatic carbocycles. The first-order valence-electron chi connectivity index (χ1n) is 17.2. The second kappa shape index (κ2) is 11.2. The van der Waals surface area contributed by atoms with Crippen LogP contribution in [0.4, 0.5) is 0 Å². The standard InChI is InChI=1S/C46H38N4/c1-45(2,3)32-19-22-39-37(25-32)36-21-18-29(24-42(36)49(39)34-14-8-7-9-15-34)35-16-11-17-41-43(35)38-26-33(46(4,5)6)20-23-40(38)50(41)44-30(27-47)12-10-13-31(44)28-48/h7-26H,1-6H3. The summed E-state index contributed by atoms with van der Waals surface area (Å²) in [6, 6.07) is 47.4. The average Bonchev–Trinajstić information content (AvgIpc) is 3.62. The van der Waals surface area contributed by atoms with Crippen LogP contribution in [0.25, 0.3) is 66.1 Å². The topological polar surface area (TPSA) is 57.4 Å². The van der Waals surface area contributed by atoms with E-state index in [0.29, 0.717) is 16.8 Å². The predicted molar refractivity (Wildman–Crippen MR) is 207 cm³/mol. The van der Waals surface area contributed by atoms with Gasteiger partial charge in [0.1, 0.15) is 12.1 Å². The number of rotatable bonds is 3. The molecule has 0 saturated heterocycles. The van der Waals surface area contributed by atoms with E-state index in [1.807, 2.05) is 0 Å². The highest BCUT2D eigenvalue weighted by atomic mass is 15.0. The van der Waals surface area contributed by atoms with Gasteiger partial charge in [-0.25, -0.2) is 0 Å². The smallest absolute Gasteiger partial charge is 0.101 e. The Morgan fingerprint density at radius 3 is 1.70 bits per heavy atom. The Kier molecular flexibility index (Phi) is 7.00. The number of nitrogens with zero attached hydrogens (tertiary/aromatic N) is 4. The second-order valence-corrected chi connectivity index (χ2v) is 15.3. The van der Waals surface area contributed by atoms with Crippen molar-refractivity contribution < 1.29 is 0 Å². The Morgan fingerprint density at radius 2 is 1.08 bits per heavy atom. The van der Waals surface area contributed by atoms with E-state index >= 15 is 0 Å². The lowest BCUT2D eigenvalue weighted by molar-refractivity contribution is 0.591. The number of aromatic nitrogens is 2. The van der Waals surface area contributed by atoms with Gasteiger partial charge in [-0.15, -0.1) is 0 Å². The maximum Gasteiger partial charge on any atom is 0.101 e.